The van der Waals surface area contributed by atoms with Gasteiger partial charge in [-0.1, -0.05) is 48.5 Å². The standard InChI is InChI=1S/C29H29BN6O2S/c30-26-20-33-36-28(32-19-21-5-4-14-31-18-21)17-27(34-29(26)36)24-12-15-35(16-13-24)39(37,38)25-10-8-23(9-11-25)22-6-2-1-3-7-22/h1-11,14,17-18,20,24,32H,12-13,15-16,19,30H2. The Morgan fingerprint density at radius 1 is 0.923 bits per heavy atom. The van der Waals surface area contributed by atoms with Gasteiger partial charge in [-0.15, -0.1) is 0 Å². The van der Waals surface area contributed by atoms with Gasteiger partial charge in [0, 0.05) is 55.9 Å². The number of nitrogens with one attached hydrogen (secondary N) is 1. The van der Waals surface area contributed by atoms with E-state index in [1.807, 2.05) is 85.4 Å². The van der Waals surface area contributed by atoms with Crippen molar-refractivity contribution in [2.45, 2.75) is 30.2 Å². The van der Waals surface area contributed by atoms with Crippen molar-refractivity contribution in [3.05, 3.63) is 103 Å². The summed E-state index contributed by atoms with van der Waals surface area (Å²) in [6.07, 6.45) is 6.83. The number of sulfonamides is 1. The van der Waals surface area contributed by atoms with E-state index in [0.717, 1.165) is 39.3 Å². The topological polar surface area (TPSA) is 92.5 Å². The zero-order chi connectivity index (χ0) is 26.8. The molecule has 0 spiro atoms. The largest absolute Gasteiger partial charge is 0.366 e. The van der Waals surface area contributed by atoms with Gasteiger partial charge in [-0.05, 0) is 53.2 Å². The second-order valence-corrected chi connectivity index (χ2v) is 11.9. The van der Waals surface area contributed by atoms with Crippen LogP contribution in [0.15, 0.2) is 96.3 Å². The fourth-order valence-corrected chi connectivity index (χ4v) is 6.58. The Balaban J connectivity index is 1.18. The third kappa shape index (κ3) is 5.17. The number of fused-ring (bicyclic) bond motifs is 1. The SMILES string of the molecule is Bc1cnn2c(NCc3cccnc3)cc(C3CCN(S(=O)(=O)c4ccc(-c5ccccc5)cc4)CC3)nc12. The molecule has 4 heterocycles. The van der Waals surface area contributed by atoms with Crippen molar-refractivity contribution in [3.8, 4) is 11.1 Å². The van der Waals surface area contributed by atoms with Gasteiger partial charge in [0.15, 0.2) is 5.65 Å². The Labute approximate surface area is 229 Å². The Morgan fingerprint density at radius 3 is 2.38 bits per heavy atom. The van der Waals surface area contributed by atoms with Crippen molar-refractivity contribution >= 4 is 34.8 Å². The number of pyridine rings is 1. The molecule has 3 aromatic heterocycles. The van der Waals surface area contributed by atoms with Crippen molar-refractivity contribution in [1.29, 1.82) is 0 Å². The Hall–Kier alpha value is -4.02. The molecule has 1 N–H and O–H groups in total. The Morgan fingerprint density at radius 2 is 1.67 bits per heavy atom. The van der Waals surface area contributed by atoms with Gasteiger partial charge in [-0.25, -0.2) is 13.4 Å². The Bertz CT molecular complexity index is 1690. The molecular weight excluding hydrogens is 507 g/mol. The number of nitrogens with zero attached hydrogens (tertiary/aromatic N) is 5. The maximum absolute atomic E-state index is 13.4. The van der Waals surface area contributed by atoms with Gasteiger partial charge in [0.25, 0.3) is 0 Å². The first-order chi connectivity index (χ1) is 19.0. The number of benzene rings is 2. The molecule has 0 unspecified atom stereocenters. The molecule has 0 bridgehead atoms. The fourth-order valence-electron chi connectivity index (χ4n) is 5.11. The van der Waals surface area contributed by atoms with E-state index in [2.05, 4.69) is 15.4 Å². The van der Waals surface area contributed by atoms with E-state index in [1.165, 1.54) is 0 Å². The van der Waals surface area contributed by atoms with Gasteiger partial charge in [0.1, 0.15) is 13.7 Å². The molecule has 0 atom stereocenters. The highest BCUT2D eigenvalue weighted by atomic mass is 32.2. The molecule has 196 valence electrons. The van der Waals surface area contributed by atoms with Gasteiger partial charge in [-0.3, -0.25) is 4.98 Å². The second kappa shape index (κ2) is 10.6. The van der Waals surface area contributed by atoms with Crippen LogP contribution in [-0.2, 0) is 16.6 Å². The summed E-state index contributed by atoms with van der Waals surface area (Å²) in [4.78, 5) is 9.46. The van der Waals surface area contributed by atoms with E-state index in [1.54, 1.807) is 22.6 Å². The summed E-state index contributed by atoms with van der Waals surface area (Å²) in [5.41, 5.74) is 5.91. The molecule has 0 saturated carbocycles. The summed E-state index contributed by atoms with van der Waals surface area (Å²) in [6, 6.07) is 23.1. The normalized spacial score (nSPS) is 15.0. The highest BCUT2D eigenvalue weighted by Crippen LogP contribution is 2.32. The summed E-state index contributed by atoms with van der Waals surface area (Å²) < 4.78 is 30.3. The predicted molar refractivity (Wildman–Crippen MR) is 155 cm³/mol. The van der Waals surface area contributed by atoms with Crippen molar-refractivity contribution in [1.82, 2.24) is 23.9 Å². The van der Waals surface area contributed by atoms with Crippen molar-refractivity contribution < 1.29 is 8.42 Å². The van der Waals surface area contributed by atoms with Gasteiger partial charge < -0.3 is 5.32 Å². The fraction of sp³-hybridized carbons (Fsp3) is 0.207. The van der Waals surface area contributed by atoms with Crippen LogP contribution in [-0.4, -0.2) is 53.2 Å². The summed E-state index contributed by atoms with van der Waals surface area (Å²) in [6.45, 7) is 1.53. The van der Waals surface area contributed by atoms with E-state index in [0.29, 0.717) is 37.4 Å². The van der Waals surface area contributed by atoms with Crippen LogP contribution in [0.25, 0.3) is 16.8 Å². The van der Waals surface area contributed by atoms with Crippen molar-refractivity contribution in [2.24, 2.45) is 0 Å². The van der Waals surface area contributed by atoms with E-state index in [-0.39, 0.29) is 5.92 Å². The zero-order valence-electron chi connectivity index (χ0n) is 21.7. The zero-order valence-corrected chi connectivity index (χ0v) is 22.6. The average Bonchev–Trinajstić information content (AvgIpc) is 3.37. The first-order valence-corrected chi connectivity index (χ1v) is 14.6. The number of aromatic nitrogens is 4. The van der Waals surface area contributed by atoms with Crippen LogP contribution < -0.4 is 10.8 Å². The lowest BCUT2D eigenvalue weighted by Gasteiger charge is -2.31. The highest BCUT2D eigenvalue weighted by molar-refractivity contribution is 7.89. The minimum Gasteiger partial charge on any atom is -0.366 e. The minimum absolute atomic E-state index is 0.162. The quantitative estimate of drug-likeness (QED) is 0.321. The molecule has 1 fully saturated rings. The molecule has 0 radical (unpaired) electrons. The van der Waals surface area contributed by atoms with Crippen molar-refractivity contribution in [3.63, 3.8) is 0 Å². The maximum Gasteiger partial charge on any atom is 0.243 e. The minimum atomic E-state index is -3.57. The third-order valence-electron chi connectivity index (χ3n) is 7.34. The lowest BCUT2D eigenvalue weighted by Crippen LogP contribution is -2.38. The molecule has 1 saturated heterocycles. The molecule has 5 aromatic rings. The molecule has 6 rings (SSSR count). The molecule has 8 nitrogen and oxygen atoms in total. The van der Waals surface area contributed by atoms with Crippen LogP contribution in [0.1, 0.15) is 30.0 Å². The van der Waals surface area contributed by atoms with Crippen LogP contribution in [0.5, 0.6) is 0 Å². The molecular formula is C29H29BN6O2S. The van der Waals surface area contributed by atoms with Crippen LogP contribution in [0.2, 0.25) is 0 Å². The van der Waals surface area contributed by atoms with Crippen LogP contribution in [0.3, 0.4) is 0 Å². The van der Waals surface area contributed by atoms with E-state index in [4.69, 9.17) is 4.98 Å². The number of piperidine rings is 1. The molecule has 39 heavy (non-hydrogen) atoms. The van der Waals surface area contributed by atoms with Crippen LogP contribution in [0, 0.1) is 0 Å². The second-order valence-electron chi connectivity index (χ2n) is 9.91. The van der Waals surface area contributed by atoms with Crippen LogP contribution >= 0.6 is 0 Å². The molecule has 1 aliphatic rings. The monoisotopic (exact) mass is 536 g/mol. The number of anilines is 1. The van der Waals surface area contributed by atoms with E-state index >= 15 is 0 Å². The molecule has 1 aliphatic heterocycles. The summed E-state index contributed by atoms with van der Waals surface area (Å²) in [5.74, 6) is 1.02. The van der Waals surface area contributed by atoms with Gasteiger partial charge in [-0.2, -0.15) is 13.9 Å². The maximum atomic E-state index is 13.4. The summed E-state index contributed by atoms with van der Waals surface area (Å²) in [5, 5.41) is 7.99. The highest BCUT2D eigenvalue weighted by Gasteiger charge is 2.31. The number of hydrogen-bond donors (Lipinski definition) is 1. The average molecular weight is 536 g/mol. The van der Waals surface area contributed by atoms with Gasteiger partial charge in [0.05, 0.1) is 4.90 Å². The predicted octanol–water partition coefficient (Wildman–Crippen LogP) is 3.23. The summed E-state index contributed by atoms with van der Waals surface area (Å²) >= 11 is 0. The lowest BCUT2D eigenvalue weighted by molar-refractivity contribution is 0.317. The number of rotatable bonds is 7. The smallest absolute Gasteiger partial charge is 0.243 e. The summed E-state index contributed by atoms with van der Waals surface area (Å²) in [7, 11) is -1.56. The molecule has 0 aliphatic carbocycles. The number of hydrogen-bond acceptors (Lipinski definition) is 6. The molecule has 2 aromatic carbocycles. The van der Waals surface area contributed by atoms with E-state index in [9.17, 15) is 8.42 Å². The van der Waals surface area contributed by atoms with Crippen molar-refractivity contribution in [2.75, 3.05) is 18.4 Å². The molecule has 0 amide bonds. The molecule has 10 heteroatoms. The first kappa shape index (κ1) is 25.3. The lowest BCUT2D eigenvalue weighted by atomic mass is 9.94. The van der Waals surface area contributed by atoms with Gasteiger partial charge in [0.2, 0.25) is 10.0 Å². The Kier molecular flexibility index (Phi) is 6.89. The van der Waals surface area contributed by atoms with Crippen LogP contribution in [0.4, 0.5) is 5.82 Å². The first-order valence-electron chi connectivity index (χ1n) is 13.1. The third-order valence-corrected chi connectivity index (χ3v) is 9.25. The van der Waals surface area contributed by atoms with E-state index < -0.39 is 10.0 Å². The van der Waals surface area contributed by atoms with Gasteiger partial charge >= 0.3 is 0 Å².